The summed E-state index contributed by atoms with van der Waals surface area (Å²) in [5.41, 5.74) is 5.09. The van der Waals surface area contributed by atoms with E-state index in [1.165, 1.54) is 17.5 Å². The molecule has 12 heteroatoms. The number of para-hydroxylation sites is 2. The van der Waals surface area contributed by atoms with Crippen LogP contribution < -0.4 is 10.8 Å². The number of nitrogens with zero attached hydrogens (tertiary/aromatic N) is 3. The Kier molecular flexibility index (Phi) is 8.17. The predicted molar refractivity (Wildman–Crippen MR) is 128 cm³/mol. The molecule has 1 saturated carbocycles. The number of hydrogen-bond donors (Lipinski definition) is 4. The molecule has 36 heavy (non-hydrogen) atoms. The Hall–Kier alpha value is -3.09. The van der Waals surface area contributed by atoms with Gasteiger partial charge in [0.05, 0.1) is 40.6 Å². The lowest BCUT2D eigenvalue weighted by atomic mass is 9.75. The Morgan fingerprint density at radius 3 is 2.56 bits per heavy atom. The van der Waals surface area contributed by atoms with Gasteiger partial charge in [0.1, 0.15) is 5.69 Å². The van der Waals surface area contributed by atoms with Crippen LogP contribution >= 0.6 is 11.3 Å². The van der Waals surface area contributed by atoms with Crippen molar-refractivity contribution in [1.29, 1.82) is 0 Å². The zero-order valence-electron chi connectivity index (χ0n) is 19.3. The number of carbonyl (C=O) groups excluding carboxylic acids is 2. The standard InChI is InChI=1S/C24H27F2N5O4S/c25-24(26)7-5-14(6-8-24)16(22(33)31-35)10-21(32)19(9-15-12-36-13-28-15)30-23(34)20-11-27-17-3-1-2-4-18(17)29-20/h1-4,11-14,16,19,21,32,35H,5-10H2,(H,30,34)(H,31,33). The first kappa shape index (κ1) is 26.0. The SMILES string of the molecule is O=C(NC(Cc1cscn1)C(O)CC(C(=O)NO)C1CCC(F)(F)CC1)c1cnc2ccccc2n1. The van der Waals surface area contributed by atoms with Gasteiger partial charge in [0, 0.05) is 30.6 Å². The van der Waals surface area contributed by atoms with Gasteiger partial charge in [-0.05, 0) is 37.3 Å². The number of carbonyl (C=O) groups is 2. The lowest BCUT2D eigenvalue weighted by Crippen LogP contribution is -2.48. The van der Waals surface area contributed by atoms with E-state index in [0.29, 0.717) is 16.7 Å². The number of aliphatic hydroxyl groups is 1. The van der Waals surface area contributed by atoms with Crippen molar-refractivity contribution in [2.24, 2.45) is 11.8 Å². The molecule has 4 N–H and O–H groups in total. The van der Waals surface area contributed by atoms with Gasteiger partial charge in [-0.3, -0.25) is 19.8 Å². The summed E-state index contributed by atoms with van der Waals surface area (Å²) >= 11 is 1.36. The number of thiazole rings is 1. The molecule has 0 aliphatic heterocycles. The van der Waals surface area contributed by atoms with Crippen LogP contribution in [-0.4, -0.2) is 55.1 Å². The van der Waals surface area contributed by atoms with Crippen LogP contribution in [0.15, 0.2) is 41.4 Å². The van der Waals surface area contributed by atoms with Crippen molar-refractivity contribution in [3.05, 3.63) is 52.7 Å². The van der Waals surface area contributed by atoms with E-state index in [1.807, 2.05) is 6.07 Å². The summed E-state index contributed by atoms with van der Waals surface area (Å²) in [6, 6.07) is 6.23. The number of fused-ring (bicyclic) bond motifs is 1. The number of amides is 2. The zero-order chi connectivity index (χ0) is 25.7. The number of hydrogen-bond acceptors (Lipinski definition) is 8. The number of rotatable bonds is 9. The highest BCUT2D eigenvalue weighted by molar-refractivity contribution is 7.07. The second kappa shape index (κ2) is 11.3. The molecule has 1 fully saturated rings. The molecule has 0 saturated heterocycles. The topological polar surface area (TPSA) is 137 Å². The summed E-state index contributed by atoms with van der Waals surface area (Å²) < 4.78 is 27.3. The van der Waals surface area contributed by atoms with Crippen LogP contribution in [0.4, 0.5) is 8.78 Å². The fourth-order valence-electron chi connectivity index (χ4n) is 4.64. The van der Waals surface area contributed by atoms with E-state index in [9.17, 15) is 28.7 Å². The molecular formula is C24H27F2N5O4S. The van der Waals surface area contributed by atoms with Crippen LogP contribution in [0, 0.1) is 11.8 Å². The minimum atomic E-state index is -2.78. The molecule has 192 valence electrons. The zero-order valence-corrected chi connectivity index (χ0v) is 20.1. The summed E-state index contributed by atoms with van der Waals surface area (Å²) in [5, 5.41) is 24.9. The van der Waals surface area contributed by atoms with Gasteiger partial charge in [-0.25, -0.2) is 24.2 Å². The van der Waals surface area contributed by atoms with Gasteiger partial charge in [0.15, 0.2) is 0 Å². The molecule has 9 nitrogen and oxygen atoms in total. The Morgan fingerprint density at radius 2 is 1.89 bits per heavy atom. The third-order valence-corrected chi connectivity index (χ3v) is 7.28. The van der Waals surface area contributed by atoms with Crippen LogP contribution in [0.3, 0.4) is 0 Å². The minimum absolute atomic E-state index is 0.0586. The van der Waals surface area contributed by atoms with Crippen molar-refractivity contribution in [1.82, 2.24) is 25.7 Å². The van der Waals surface area contributed by atoms with Crippen molar-refractivity contribution < 1.29 is 28.7 Å². The Labute approximate surface area is 210 Å². The molecule has 4 rings (SSSR count). The molecule has 2 heterocycles. The highest BCUT2D eigenvalue weighted by Gasteiger charge is 2.41. The molecule has 3 aromatic rings. The predicted octanol–water partition coefficient (Wildman–Crippen LogP) is 3.13. The van der Waals surface area contributed by atoms with E-state index in [1.54, 1.807) is 34.6 Å². The van der Waals surface area contributed by atoms with Crippen molar-refractivity contribution >= 4 is 34.2 Å². The third kappa shape index (κ3) is 6.37. The van der Waals surface area contributed by atoms with Crippen LogP contribution in [-0.2, 0) is 11.2 Å². The molecule has 0 bridgehead atoms. The molecule has 0 spiro atoms. The highest BCUT2D eigenvalue weighted by atomic mass is 32.1. The normalized spacial score (nSPS) is 18.3. The lowest BCUT2D eigenvalue weighted by molar-refractivity contribution is -0.139. The fourth-order valence-corrected chi connectivity index (χ4v) is 5.21. The van der Waals surface area contributed by atoms with Gasteiger partial charge in [-0.15, -0.1) is 11.3 Å². The fraction of sp³-hybridized carbons (Fsp3) is 0.458. The largest absolute Gasteiger partial charge is 0.391 e. The summed E-state index contributed by atoms with van der Waals surface area (Å²) in [7, 11) is 0. The lowest BCUT2D eigenvalue weighted by Gasteiger charge is -2.34. The van der Waals surface area contributed by atoms with Gasteiger partial charge in [-0.2, -0.15) is 0 Å². The average molecular weight is 520 g/mol. The second-order valence-electron chi connectivity index (χ2n) is 9.09. The number of benzene rings is 1. The third-order valence-electron chi connectivity index (χ3n) is 6.65. The van der Waals surface area contributed by atoms with Crippen molar-refractivity contribution in [2.75, 3.05) is 0 Å². The van der Waals surface area contributed by atoms with Crippen LogP contribution in [0.5, 0.6) is 0 Å². The number of nitrogens with one attached hydrogen (secondary N) is 2. The van der Waals surface area contributed by atoms with E-state index in [0.717, 1.165) is 0 Å². The maximum absolute atomic E-state index is 13.7. The van der Waals surface area contributed by atoms with Gasteiger partial charge in [0.25, 0.3) is 5.91 Å². The number of halogens is 2. The van der Waals surface area contributed by atoms with E-state index in [4.69, 9.17) is 0 Å². The first-order valence-electron chi connectivity index (χ1n) is 11.7. The quantitative estimate of drug-likeness (QED) is 0.252. The van der Waals surface area contributed by atoms with E-state index in [2.05, 4.69) is 20.3 Å². The molecule has 0 radical (unpaired) electrons. The van der Waals surface area contributed by atoms with Crippen LogP contribution in [0.25, 0.3) is 11.0 Å². The number of hydroxylamine groups is 1. The van der Waals surface area contributed by atoms with E-state index in [-0.39, 0.29) is 44.2 Å². The van der Waals surface area contributed by atoms with Gasteiger partial charge < -0.3 is 10.4 Å². The number of alkyl halides is 2. The summed E-state index contributed by atoms with van der Waals surface area (Å²) in [5.74, 6) is -5.43. The average Bonchev–Trinajstić information content (AvgIpc) is 3.39. The molecule has 2 aromatic heterocycles. The molecule has 3 atom stereocenters. The Morgan fingerprint density at radius 1 is 1.17 bits per heavy atom. The molecule has 1 aromatic carbocycles. The minimum Gasteiger partial charge on any atom is -0.391 e. The first-order valence-corrected chi connectivity index (χ1v) is 12.6. The Bertz CT molecular complexity index is 1190. The number of aromatic nitrogens is 3. The van der Waals surface area contributed by atoms with Crippen LogP contribution in [0.2, 0.25) is 0 Å². The summed E-state index contributed by atoms with van der Waals surface area (Å²) in [6.45, 7) is 0. The molecule has 1 aliphatic rings. The van der Waals surface area contributed by atoms with E-state index >= 15 is 0 Å². The summed E-state index contributed by atoms with van der Waals surface area (Å²) in [4.78, 5) is 38.3. The summed E-state index contributed by atoms with van der Waals surface area (Å²) in [6.07, 6.45) is -0.385. The smallest absolute Gasteiger partial charge is 0.271 e. The maximum Gasteiger partial charge on any atom is 0.271 e. The van der Waals surface area contributed by atoms with Crippen molar-refractivity contribution in [3.63, 3.8) is 0 Å². The highest BCUT2D eigenvalue weighted by Crippen LogP contribution is 2.40. The molecule has 1 aliphatic carbocycles. The molecular weight excluding hydrogens is 492 g/mol. The van der Waals surface area contributed by atoms with Crippen LogP contribution in [0.1, 0.15) is 48.3 Å². The monoisotopic (exact) mass is 519 g/mol. The van der Waals surface area contributed by atoms with Gasteiger partial charge >= 0.3 is 0 Å². The first-order chi connectivity index (χ1) is 17.3. The number of aliphatic hydroxyl groups excluding tert-OH is 1. The molecule has 2 amide bonds. The van der Waals surface area contributed by atoms with Crippen molar-refractivity contribution in [3.8, 4) is 0 Å². The van der Waals surface area contributed by atoms with Gasteiger partial charge in [-0.1, -0.05) is 12.1 Å². The van der Waals surface area contributed by atoms with E-state index < -0.39 is 41.7 Å². The second-order valence-corrected chi connectivity index (χ2v) is 9.81. The Balaban J connectivity index is 1.52. The maximum atomic E-state index is 13.7. The molecule has 3 unspecified atom stereocenters. The van der Waals surface area contributed by atoms with Crippen molar-refractivity contribution in [2.45, 2.75) is 56.6 Å². The van der Waals surface area contributed by atoms with Gasteiger partial charge in [0.2, 0.25) is 11.8 Å².